The minimum atomic E-state index is -3.08. The van der Waals surface area contributed by atoms with Crippen molar-refractivity contribution in [2.45, 2.75) is 141 Å². The summed E-state index contributed by atoms with van der Waals surface area (Å²) in [5.41, 5.74) is 0. The molecule has 4 rings (SSSR count). The van der Waals surface area contributed by atoms with E-state index in [4.69, 9.17) is 46.7 Å². The third-order valence-corrected chi connectivity index (χ3v) is 13.0. The summed E-state index contributed by atoms with van der Waals surface area (Å²) in [7, 11) is -3.08. The zero-order valence-electron chi connectivity index (χ0n) is 26.4. The molecule has 4 aliphatic rings. The van der Waals surface area contributed by atoms with E-state index in [0.29, 0.717) is 0 Å². The minimum Gasteiger partial charge on any atom is -0.456 e. The van der Waals surface area contributed by atoms with Gasteiger partial charge in [0.1, 0.15) is 24.4 Å². The maximum Gasteiger partial charge on any atom is 0.349 e. The molecule has 0 aromatic rings. The Kier molecular flexibility index (Phi) is 9.68. The molecule has 0 aliphatic carbocycles. The molecule has 244 valence electrons. The number of carbonyl (C=O) groups is 4. The number of hydrogen-bond donors (Lipinski definition) is 0. The first kappa shape index (κ1) is 33.7. The molecule has 0 radical (unpaired) electrons. The van der Waals surface area contributed by atoms with Crippen LogP contribution >= 0.6 is 0 Å². The van der Waals surface area contributed by atoms with E-state index < -0.39 is 104 Å². The number of carbonyl (C=O) groups excluding carboxylic acids is 4. The highest BCUT2D eigenvalue weighted by atomic mass is 28.4. The van der Waals surface area contributed by atoms with Gasteiger partial charge in [-0.05, 0) is 0 Å². The third kappa shape index (κ3) is 6.77. The molecule has 0 unspecified atom stereocenters. The van der Waals surface area contributed by atoms with Gasteiger partial charge in [0.25, 0.3) is 0 Å². The molecule has 4 aliphatic heterocycles. The van der Waals surface area contributed by atoms with E-state index in [1.807, 2.05) is 41.5 Å². The summed E-state index contributed by atoms with van der Waals surface area (Å²) in [5, 5.41) is -0.800. The summed E-state index contributed by atoms with van der Waals surface area (Å²) in [6.45, 7) is 17.2. The van der Waals surface area contributed by atoms with Gasteiger partial charge >= 0.3 is 32.4 Å². The number of rotatable bonds is 6. The van der Waals surface area contributed by atoms with Crippen LogP contribution in [0.3, 0.4) is 0 Å². The Morgan fingerprint density at radius 2 is 1.14 bits per heavy atom. The van der Waals surface area contributed by atoms with Gasteiger partial charge in [0, 0.05) is 37.8 Å². The van der Waals surface area contributed by atoms with Crippen LogP contribution < -0.4 is 0 Å². The van der Waals surface area contributed by atoms with E-state index >= 15 is 0 Å². The van der Waals surface area contributed by atoms with Crippen molar-refractivity contribution in [3.05, 3.63) is 0 Å². The minimum absolute atomic E-state index is 0.0345. The van der Waals surface area contributed by atoms with Gasteiger partial charge in [-0.2, -0.15) is 0 Å². The van der Waals surface area contributed by atoms with Crippen molar-refractivity contribution in [2.24, 2.45) is 0 Å². The van der Waals surface area contributed by atoms with E-state index in [9.17, 15) is 19.2 Å². The molecule has 0 N–H and O–H groups in total. The van der Waals surface area contributed by atoms with Gasteiger partial charge in [-0.3, -0.25) is 19.2 Å². The molecular weight excluding hydrogens is 588 g/mol. The van der Waals surface area contributed by atoms with Gasteiger partial charge in [0.2, 0.25) is 0 Å². The standard InChI is InChI=1S/C28H44O14Si/c1-13(29)35-21-19(17-11-33-25(39-17)23(21)37-15(3)31)41-26-24(38-16(4)32)22(36-14(2)30)20-18(40-26)12-34-43(42-20,27(5,6)7)28(8,9)10/h17-26H,11-12H2,1-10H3/t17-,18-,19-,20+,21+,22+,23-,24-,25-,26+/m1/s1. The fraction of sp³-hybridized carbons (Fsp3) is 0.857. The molecule has 43 heavy (non-hydrogen) atoms. The van der Waals surface area contributed by atoms with Crippen molar-refractivity contribution < 1.29 is 65.9 Å². The second kappa shape index (κ2) is 12.3. The molecule has 0 saturated carbocycles. The molecule has 4 heterocycles. The van der Waals surface area contributed by atoms with Crippen LogP contribution in [-0.4, -0.2) is 107 Å². The smallest absolute Gasteiger partial charge is 0.349 e. The van der Waals surface area contributed by atoms with Crippen molar-refractivity contribution in [1.29, 1.82) is 0 Å². The number of ether oxygens (including phenoxy) is 8. The summed E-state index contributed by atoms with van der Waals surface area (Å²) in [4.78, 5) is 48.9. The molecule has 2 bridgehead atoms. The molecular formula is C28H44O14Si. The highest BCUT2D eigenvalue weighted by Crippen LogP contribution is 2.55. The topological polar surface area (TPSA) is 161 Å². The summed E-state index contributed by atoms with van der Waals surface area (Å²) in [5.74, 6) is -2.62. The molecule has 0 aromatic carbocycles. The molecule has 4 saturated heterocycles. The summed E-state index contributed by atoms with van der Waals surface area (Å²) in [6, 6.07) is 0. The van der Waals surface area contributed by atoms with E-state index in [-0.39, 0.29) is 13.2 Å². The highest BCUT2D eigenvalue weighted by Gasteiger charge is 2.66. The first-order valence-electron chi connectivity index (χ1n) is 14.4. The molecule has 4 fully saturated rings. The van der Waals surface area contributed by atoms with Crippen molar-refractivity contribution in [2.75, 3.05) is 13.2 Å². The van der Waals surface area contributed by atoms with Crippen molar-refractivity contribution >= 4 is 32.4 Å². The Bertz CT molecular complexity index is 1070. The van der Waals surface area contributed by atoms with Gasteiger partial charge in [0.05, 0.1) is 13.2 Å². The second-order valence-corrected chi connectivity index (χ2v) is 18.1. The highest BCUT2D eigenvalue weighted by molar-refractivity contribution is 6.73. The first-order chi connectivity index (χ1) is 19.8. The second-order valence-electron chi connectivity index (χ2n) is 13.3. The van der Waals surface area contributed by atoms with E-state index in [1.165, 1.54) is 27.7 Å². The quantitative estimate of drug-likeness (QED) is 0.238. The Labute approximate surface area is 252 Å². The van der Waals surface area contributed by atoms with Gasteiger partial charge in [0.15, 0.2) is 37.0 Å². The Balaban J connectivity index is 1.72. The Morgan fingerprint density at radius 1 is 0.628 bits per heavy atom. The van der Waals surface area contributed by atoms with Gasteiger partial charge in [-0.1, -0.05) is 41.5 Å². The summed E-state index contributed by atoms with van der Waals surface area (Å²) >= 11 is 0. The Morgan fingerprint density at radius 3 is 1.67 bits per heavy atom. The zero-order chi connectivity index (χ0) is 32.1. The maximum absolute atomic E-state index is 12.4. The third-order valence-electron chi connectivity index (χ3n) is 7.83. The van der Waals surface area contributed by atoms with Crippen LogP contribution in [0.1, 0.15) is 69.2 Å². The molecule has 14 nitrogen and oxygen atoms in total. The molecule has 0 aromatic heterocycles. The number of hydrogen-bond acceptors (Lipinski definition) is 14. The lowest BCUT2D eigenvalue weighted by Crippen LogP contribution is -2.72. The van der Waals surface area contributed by atoms with Crippen LogP contribution in [-0.2, 0) is 65.9 Å². The largest absolute Gasteiger partial charge is 0.456 e. The first-order valence-corrected chi connectivity index (χ1v) is 16.2. The monoisotopic (exact) mass is 632 g/mol. The molecule has 0 spiro atoms. The molecule has 15 heteroatoms. The Hall–Kier alpha value is -2.14. The average molecular weight is 633 g/mol. The van der Waals surface area contributed by atoms with E-state index in [0.717, 1.165) is 0 Å². The van der Waals surface area contributed by atoms with Crippen LogP contribution in [0.25, 0.3) is 0 Å². The van der Waals surface area contributed by atoms with Crippen LogP contribution in [0.4, 0.5) is 0 Å². The van der Waals surface area contributed by atoms with E-state index in [2.05, 4.69) is 0 Å². The van der Waals surface area contributed by atoms with Gasteiger partial charge < -0.3 is 46.7 Å². The zero-order valence-corrected chi connectivity index (χ0v) is 27.4. The van der Waals surface area contributed by atoms with E-state index in [1.54, 1.807) is 0 Å². The van der Waals surface area contributed by atoms with Gasteiger partial charge in [-0.15, -0.1) is 0 Å². The molecule has 0 amide bonds. The average Bonchev–Trinajstić information content (AvgIpc) is 3.29. The van der Waals surface area contributed by atoms with Crippen LogP contribution in [0.15, 0.2) is 0 Å². The van der Waals surface area contributed by atoms with Crippen molar-refractivity contribution in [3.8, 4) is 0 Å². The lowest BCUT2D eigenvalue weighted by Gasteiger charge is -2.57. The van der Waals surface area contributed by atoms with Gasteiger partial charge in [-0.25, -0.2) is 0 Å². The number of esters is 4. The predicted octanol–water partition coefficient (Wildman–Crippen LogP) is 2.04. The predicted molar refractivity (Wildman–Crippen MR) is 146 cm³/mol. The SMILES string of the molecule is CC(=O)O[C@@H]1[C@@H](OC(C)=O)[C@@H]2OC[C@@H](O2)[C@H]1O[C@@H]1O[C@@H]2CO[Si](C(C)(C)C)(C(C)(C)C)O[C@@H]2[C@H](OC(C)=O)[C@H]1OC(C)=O. The fourth-order valence-corrected chi connectivity index (χ4v) is 11.5. The maximum atomic E-state index is 12.4. The van der Waals surface area contributed by atoms with Crippen LogP contribution in [0, 0.1) is 0 Å². The van der Waals surface area contributed by atoms with Crippen LogP contribution in [0.5, 0.6) is 0 Å². The summed E-state index contributed by atoms with van der Waals surface area (Å²) in [6.07, 6.45) is -10.6. The normalized spacial score (nSPS) is 37.1. The summed E-state index contributed by atoms with van der Waals surface area (Å²) < 4.78 is 60.2. The van der Waals surface area contributed by atoms with Crippen molar-refractivity contribution in [1.82, 2.24) is 0 Å². The van der Waals surface area contributed by atoms with Crippen LogP contribution in [0.2, 0.25) is 10.1 Å². The fourth-order valence-electron chi connectivity index (χ4n) is 6.54. The lowest BCUT2D eigenvalue weighted by atomic mass is 9.97. The molecule has 10 atom stereocenters. The van der Waals surface area contributed by atoms with Crippen molar-refractivity contribution in [3.63, 3.8) is 0 Å². The lowest BCUT2D eigenvalue weighted by molar-refractivity contribution is -0.344. The number of fused-ring (bicyclic) bond motifs is 3.